The number of nitrogens with zero attached hydrogens (tertiary/aromatic N) is 4. The standard InChI is InChI=1S/C17H17N5S/c18-9-3-4-12(10-19)11-23-17-21-15-6-2-1-5-14(15)16(22-17)20-13-7-8-13/h1-2,5-6,12-13H,3-4,7-8,11H2,(H,20,21,22)/t12-/m1/s1. The molecule has 23 heavy (non-hydrogen) atoms. The van der Waals surface area contributed by atoms with Crippen molar-refractivity contribution in [2.45, 2.75) is 36.9 Å². The highest BCUT2D eigenvalue weighted by atomic mass is 32.2. The molecule has 1 heterocycles. The quantitative estimate of drug-likeness (QED) is 0.617. The first-order chi connectivity index (χ1) is 11.3. The van der Waals surface area contributed by atoms with Gasteiger partial charge in [0.1, 0.15) is 5.82 Å². The number of hydrogen-bond donors (Lipinski definition) is 1. The largest absolute Gasteiger partial charge is 0.367 e. The molecule has 2 aromatic rings. The molecule has 0 amide bonds. The highest BCUT2D eigenvalue weighted by Crippen LogP contribution is 2.30. The second-order valence-corrected chi connectivity index (χ2v) is 6.61. The lowest BCUT2D eigenvalue weighted by molar-refractivity contribution is 0.684. The molecule has 0 radical (unpaired) electrons. The van der Waals surface area contributed by atoms with Crippen LogP contribution in [0.5, 0.6) is 0 Å². The van der Waals surface area contributed by atoms with Crippen LogP contribution in [0.3, 0.4) is 0 Å². The fourth-order valence-electron chi connectivity index (χ4n) is 2.25. The number of rotatable bonds is 7. The minimum absolute atomic E-state index is 0.144. The maximum Gasteiger partial charge on any atom is 0.190 e. The second-order valence-electron chi connectivity index (χ2n) is 5.62. The average molecular weight is 323 g/mol. The van der Waals surface area contributed by atoms with E-state index in [1.165, 1.54) is 24.6 Å². The molecule has 116 valence electrons. The van der Waals surface area contributed by atoms with Gasteiger partial charge in [0.15, 0.2) is 5.16 Å². The van der Waals surface area contributed by atoms with Gasteiger partial charge in [-0.2, -0.15) is 10.5 Å². The van der Waals surface area contributed by atoms with E-state index in [1.807, 2.05) is 24.3 Å². The van der Waals surface area contributed by atoms with Gasteiger partial charge in [-0.1, -0.05) is 23.9 Å². The van der Waals surface area contributed by atoms with Crippen LogP contribution in [0.2, 0.25) is 0 Å². The Bertz CT molecular complexity index is 773. The molecule has 0 aliphatic heterocycles. The highest BCUT2D eigenvalue weighted by Gasteiger charge is 2.23. The lowest BCUT2D eigenvalue weighted by Crippen LogP contribution is -2.06. The monoisotopic (exact) mass is 323 g/mol. The number of benzene rings is 1. The third-order valence-electron chi connectivity index (χ3n) is 3.70. The summed E-state index contributed by atoms with van der Waals surface area (Å²) >= 11 is 1.49. The minimum atomic E-state index is -0.144. The van der Waals surface area contributed by atoms with Crippen LogP contribution in [-0.4, -0.2) is 21.8 Å². The van der Waals surface area contributed by atoms with E-state index in [-0.39, 0.29) is 5.92 Å². The molecule has 1 aliphatic rings. The number of thioether (sulfide) groups is 1. The predicted octanol–water partition coefficient (Wildman–Crippen LogP) is 3.74. The van der Waals surface area contributed by atoms with Crippen molar-refractivity contribution >= 4 is 28.5 Å². The molecule has 1 aromatic carbocycles. The Balaban J connectivity index is 1.77. The number of aromatic nitrogens is 2. The first kappa shape index (κ1) is 15.6. The summed E-state index contributed by atoms with van der Waals surface area (Å²) < 4.78 is 0. The van der Waals surface area contributed by atoms with Gasteiger partial charge in [-0.3, -0.25) is 0 Å². The van der Waals surface area contributed by atoms with Crippen molar-refractivity contribution in [3.05, 3.63) is 24.3 Å². The Kier molecular flexibility index (Phi) is 4.95. The molecule has 1 aliphatic carbocycles. The van der Waals surface area contributed by atoms with E-state index in [9.17, 15) is 0 Å². The molecule has 3 rings (SSSR count). The maximum absolute atomic E-state index is 9.16. The predicted molar refractivity (Wildman–Crippen MR) is 90.9 cm³/mol. The number of nitriles is 2. The third-order valence-corrected chi connectivity index (χ3v) is 4.71. The Morgan fingerprint density at radius 3 is 2.83 bits per heavy atom. The van der Waals surface area contributed by atoms with Crippen LogP contribution < -0.4 is 5.32 Å². The Labute approximate surface area is 139 Å². The van der Waals surface area contributed by atoms with E-state index in [0.29, 0.717) is 29.8 Å². The van der Waals surface area contributed by atoms with Crippen molar-refractivity contribution in [1.29, 1.82) is 10.5 Å². The smallest absolute Gasteiger partial charge is 0.190 e. The number of anilines is 1. The van der Waals surface area contributed by atoms with E-state index in [0.717, 1.165) is 16.7 Å². The summed E-state index contributed by atoms with van der Waals surface area (Å²) in [6.45, 7) is 0. The Morgan fingerprint density at radius 2 is 2.09 bits per heavy atom. The SMILES string of the molecule is N#CCC[C@H](C#N)CSc1nc(NC2CC2)c2ccccc2n1. The topological polar surface area (TPSA) is 85.4 Å². The lowest BCUT2D eigenvalue weighted by atomic mass is 10.1. The van der Waals surface area contributed by atoms with E-state index in [2.05, 4.69) is 27.4 Å². The zero-order valence-corrected chi connectivity index (χ0v) is 13.5. The molecule has 1 atom stereocenters. The second kappa shape index (κ2) is 7.30. The number of fused-ring (bicyclic) bond motifs is 1. The van der Waals surface area contributed by atoms with Gasteiger partial charge in [-0.25, -0.2) is 9.97 Å². The Hall–Kier alpha value is -2.31. The summed E-state index contributed by atoms with van der Waals surface area (Å²) in [5.41, 5.74) is 0.915. The van der Waals surface area contributed by atoms with Crippen LogP contribution in [0.15, 0.2) is 29.4 Å². The summed E-state index contributed by atoms with van der Waals surface area (Å²) in [4.78, 5) is 9.22. The molecule has 5 nitrogen and oxygen atoms in total. The van der Waals surface area contributed by atoms with E-state index in [1.54, 1.807) is 0 Å². The lowest BCUT2D eigenvalue weighted by Gasteiger charge is -2.11. The van der Waals surface area contributed by atoms with Crippen LogP contribution in [0, 0.1) is 28.6 Å². The molecule has 1 N–H and O–H groups in total. The Morgan fingerprint density at radius 1 is 1.26 bits per heavy atom. The molecule has 0 bridgehead atoms. The molecule has 1 aromatic heterocycles. The summed E-state index contributed by atoms with van der Waals surface area (Å²) in [7, 11) is 0. The van der Waals surface area contributed by atoms with Crippen LogP contribution in [0.4, 0.5) is 5.82 Å². The van der Waals surface area contributed by atoms with E-state index in [4.69, 9.17) is 10.5 Å². The zero-order valence-electron chi connectivity index (χ0n) is 12.7. The van der Waals surface area contributed by atoms with Gasteiger partial charge >= 0.3 is 0 Å². The van der Waals surface area contributed by atoms with Crippen LogP contribution >= 0.6 is 11.8 Å². The number of para-hydroxylation sites is 1. The first-order valence-corrected chi connectivity index (χ1v) is 8.71. The summed E-state index contributed by atoms with van der Waals surface area (Å²) in [6, 6.07) is 12.8. The molecule has 6 heteroatoms. The van der Waals surface area contributed by atoms with Gasteiger partial charge in [-0.05, 0) is 31.4 Å². The summed E-state index contributed by atoms with van der Waals surface area (Å²) in [6.07, 6.45) is 3.38. The fourth-order valence-corrected chi connectivity index (χ4v) is 3.16. The third kappa shape index (κ3) is 4.12. The molecule has 0 unspecified atom stereocenters. The van der Waals surface area contributed by atoms with Crippen molar-refractivity contribution in [3.8, 4) is 12.1 Å². The van der Waals surface area contributed by atoms with Crippen molar-refractivity contribution in [2.24, 2.45) is 5.92 Å². The van der Waals surface area contributed by atoms with Gasteiger partial charge in [0, 0.05) is 23.6 Å². The summed E-state index contributed by atoms with van der Waals surface area (Å²) in [5.74, 6) is 1.35. The molecular weight excluding hydrogens is 306 g/mol. The zero-order chi connectivity index (χ0) is 16.1. The highest BCUT2D eigenvalue weighted by molar-refractivity contribution is 7.99. The summed E-state index contributed by atoms with van der Waals surface area (Å²) in [5, 5.41) is 23.0. The number of hydrogen-bond acceptors (Lipinski definition) is 6. The van der Waals surface area contributed by atoms with Crippen molar-refractivity contribution < 1.29 is 0 Å². The van der Waals surface area contributed by atoms with Crippen molar-refractivity contribution in [3.63, 3.8) is 0 Å². The molecular formula is C17H17N5S. The van der Waals surface area contributed by atoms with Crippen LogP contribution in [-0.2, 0) is 0 Å². The molecule has 1 saturated carbocycles. The van der Waals surface area contributed by atoms with Gasteiger partial charge in [-0.15, -0.1) is 0 Å². The molecule has 0 saturated heterocycles. The van der Waals surface area contributed by atoms with Crippen molar-refractivity contribution in [1.82, 2.24) is 9.97 Å². The van der Waals surface area contributed by atoms with Gasteiger partial charge in [0.05, 0.1) is 23.6 Å². The maximum atomic E-state index is 9.16. The average Bonchev–Trinajstić information content (AvgIpc) is 3.39. The van der Waals surface area contributed by atoms with Gasteiger partial charge < -0.3 is 5.32 Å². The van der Waals surface area contributed by atoms with Crippen molar-refractivity contribution in [2.75, 3.05) is 11.1 Å². The number of nitrogens with one attached hydrogen (secondary N) is 1. The first-order valence-electron chi connectivity index (χ1n) is 7.73. The van der Waals surface area contributed by atoms with Crippen LogP contribution in [0.25, 0.3) is 10.9 Å². The van der Waals surface area contributed by atoms with Crippen LogP contribution in [0.1, 0.15) is 25.7 Å². The van der Waals surface area contributed by atoms with Gasteiger partial charge in [0.2, 0.25) is 0 Å². The van der Waals surface area contributed by atoms with Gasteiger partial charge in [0.25, 0.3) is 0 Å². The molecule has 1 fully saturated rings. The van der Waals surface area contributed by atoms with E-state index >= 15 is 0 Å². The fraction of sp³-hybridized carbons (Fsp3) is 0.412. The normalized spacial score (nSPS) is 14.9. The minimum Gasteiger partial charge on any atom is -0.367 e. The molecule has 0 spiro atoms. The van der Waals surface area contributed by atoms with E-state index < -0.39 is 0 Å².